The van der Waals surface area contributed by atoms with E-state index in [0.717, 1.165) is 19.3 Å². The molecular formula is C16H26O. The average molecular weight is 234 g/mol. The molecule has 1 nitrogen and oxygen atoms in total. The lowest BCUT2D eigenvalue weighted by Gasteiger charge is -2.56. The molecule has 0 radical (unpaired) electrons. The molecule has 0 aliphatic heterocycles. The molecule has 17 heavy (non-hydrogen) atoms. The number of carbonyl (C=O) groups is 1. The normalized spacial score (nSPS) is 40.8. The first kappa shape index (κ1) is 12.9. The van der Waals surface area contributed by atoms with Crippen LogP contribution in [0.1, 0.15) is 59.3 Å². The summed E-state index contributed by atoms with van der Waals surface area (Å²) in [5.74, 6) is 1.44. The van der Waals surface area contributed by atoms with Crippen molar-refractivity contribution in [3.05, 3.63) is 12.7 Å². The highest BCUT2D eigenvalue weighted by Gasteiger charge is 2.53. The summed E-state index contributed by atoms with van der Waals surface area (Å²) in [6.07, 6.45) is 8.55. The predicted octanol–water partition coefficient (Wildman–Crippen LogP) is 4.37. The van der Waals surface area contributed by atoms with Crippen LogP contribution in [0, 0.1) is 22.7 Å². The van der Waals surface area contributed by atoms with Crippen LogP contribution in [0.15, 0.2) is 12.7 Å². The maximum absolute atomic E-state index is 12.2. The van der Waals surface area contributed by atoms with Crippen molar-refractivity contribution < 1.29 is 4.79 Å². The molecule has 2 rings (SSSR count). The second-order valence-corrected chi connectivity index (χ2v) is 6.98. The first-order chi connectivity index (χ1) is 7.92. The van der Waals surface area contributed by atoms with Gasteiger partial charge in [-0.05, 0) is 42.4 Å². The molecule has 0 spiro atoms. The Morgan fingerprint density at radius 3 is 2.71 bits per heavy atom. The van der Waals surface area contributed by atoms with E-state index in [4.69, 9.17) is 0 Å². The molecule has 0 amide bonds. The smallest absolute Gasteiger partial charge is 0.136 e. The Morgan fingerprint density at radius 2 is 2.06 bits per heavy atom. The second kappa shape index (κ2) is 4.26. The van der Waals surface area contributed by atoms with E-state index in [9.17, 15) is 4.79 Å². The van der Waals surface area contributed by atoms with Gasteiger partial charge in [0.2, 0.25) is 0 Å². The van der Waals surface area contributed by atoms with Crippen LogP contribution in [0.2, 0.25) is 0 Å². The van der Waals surface area contributed by atoms with Gasteiger partial charge in [-0.25, -0.2) is 0 Å². The van der Waals surface area contributed by atoms with E-state index in [1.54, 1.807) is 0 Å². The van der Waals surface area contributed by atoms with Gasteiger partial charge in [0.25, 0.3) is 0 Å². The van der Waals surface area contributed by atoms with Crippen LogP contribution in [0.3, 0.4) is 0 Å². The zero-order valence-corrected chi connectivity index (χ0v) is 11.6. The molecule has 1 heteroatoms. The first-order valence-electron chi connectivity index (χ1n) is 7.05. The van der Waals surface area contributed by atoms with Crippen molar-refractivity contribution in [3.8, 4) is 0 Å². The quantitative estimate of drug-likeness (QED) is 0.648. The van der Waals surface area contributed by atoms with Crippen LogP contribution in [0.4, 0.5) is 0 Å². The lowest BCUT2D eigenvalue weighted by Crippen LogP contribution is -2.51. The van der Waals surface area contributed by atoms with Gasteiger partial charge in [0, 0.05) is 12.3 Å². The number of hydrogen-bond donors (Lipinski definition) is 0. The van der Waals surface area contributed by atoms with Crippen molar-refractivity contribution >= 4 is 5.78 Å². The number of allylic oxidation sites excluding steroid dienone is 1. The van der Waals surface area contributed by atoms with E-state index in [1.807, 2.05) is 6.08 Å². The number of hydrogen-bond acceptors (Lipinski definition) is 1. The van der Waals surface area contributed by atoms with Crippen molar-refractivity contribution in [1.29, 1.82) is 0 Å². The van der Waals surface area contributed by atoms with Gasteiger partial charge in [0.1, 0.15) is 5.78 Å². The fourth-order valence-electron chi connectivity index (χ4n) is 4.70. The van der Waals surface area contributed by atoms with Gasteiger partial charge in [-0.15, -0.1) is 6.58 Å². The molecule has 0 aromatic heterocycles. The summed E-state index contributed by atoms with van der Waals surface area (Å²) in [7, 11) is 0. The van der Waals surface area contributed by atoms with E-state index >= 15 is 0 Å². The number of rotatable bonds is 2. The Labute approximate surface area is 106 Å². The molecule has 96 valence electrons. The Balaban J connectivity index is 2.34. The van der Waals surface area contributed by atoms with Crippen molar-refractivity contribution in [3.63, 3.8) is 0 Å². The average Bonchev–Trinajstić information content (AvgIpc) is 2.22. The van der Waals surface area contributed by atoms with E-state index < -0.39 is 0 Å². The van der Waals surface area contributed by atoms with E-state index in [0.29, 0.717) is 17.1 Å². The van der Waals surface area contributed by atoms with Crippen LogP contribution >= 0.6 is 0 Å². The third-order valence-electron chi connectivity index (χ3n) is 5.54. The Kier molecular flexibility index (Phi) is 3.22. The van der Waals surface area contributed by atoms with Gasteiger partial charge < -0.3 is 0 Å². The second-order valence-electron chi connectivity index (χ2n) is 6.98. The minimum atomic E-state index is 0.227. The molecule has 0 N–H and O–H groups in total. The molecular weight excluding hydrogens is 208 g/mol. The van der Waals surface area contributed by atoms with Crippen LogP contribution in [-0.4, -0.2) is 5.78 Å². The molecule has 0 heterocycles. The Morgan fingerprint density at radius 1 is 1.35 bits per heavy atom. The minimum Gasteiger partial charge on any atom is -0.299 e. The lowest BCUT2D eigenvalue weighted by atomic mass is 9.48. The van der Waals surface area contributed by atoms with Crippen LogP contribution in [0.5, 0.6) is 0 Å². The monoisotopic (exact) mass is 234 g/mol. The van der Waals surface area contributed by atoms with Gasteiger partial charge in [-0.3, -0.25) is 4.79 Å². The summed E-state index contributed by atoms with van der Waals surface area (Å²) < 4.78 is 0. The van der Waals surface area contributed by atoms with Crippen molar-refractivity contribution in [2.75, 3.05) is 0 Å². The molecule has 3 atom stereocenters. The standard InChI is InChI=1S/C16H26O/c1-5-7-12-13(17)8-9-14-15(2,3)10-6-11-16(12,14)4/h5,12,14H,1,6-11H2,2-4H3/t12-,14-,16+/m0/s1. The zero-order chi connectivity index (χ0) is 12.7. The van der Waals surface area contributed by atoms with Gasteiger partial charge in [0.15, 0.2) is 0 Å². The summed E-state index contributed by atoms with van der Waals surface area (Å²) in [6, 6.07) is 0. The van der Waals surface area contributed by atoms with Crippen molar-refractivity contribution in [2.24, 2.45) is 22.7 Å². The fraction of sp³-hybridized carbons (Fsp3) is 0.812. The molecule has 2 aliphatic carbocycles. The maximum Gasteiger partial charge on any atom is 0.136 e. The molecule has 0 aromatic rings. The van der Waals surface area contributed by atoms with Crippen LogP contribution in [-0.2, 0) is 4.79 Å². The number of carbonyl (C=O) groups excluding carboxylic acids is 1. The number of Topliss-reactive ketones (excluding diaryl/α,β-unsaturated/α-hetero) is 1. The molecule has 0 aromatic carbocycles. The minimum absolute atomic E-state index is 0.227. The third kappa shape index (κ3) is 1.98. The highest BCUT2D eigenvalue weighted by molar-refractivity contribution is 5.83. The largest absolute Gasteiger partial charge is 0.299 e. The molecule has 2 aliphatic rings. The number of ketones is 1. The fourth-order valence-corrected chi connectivity index (χ4v) is 4.70. The summed E-state index contributed by atoms with van der Waals surface area (Å²) in [6.45, 7) is 11.0. The maximum atomic E-state index is 12.2. The molecule has 2 fully saturated rings. The summed E-state index contributed by atoms with van der Waals surface area (Å²) >= 11 is 0. The van der Waals surface area contributed by atoms with Gasteiger partial charge in [0.05, 0.1) is 0 Å². The van der Waals surface area contributed by atoms with Gasteiger partial charge >= 0.3 is 0 Å². The SMILES string of the molecule is C=CC[C@H]1C(=O)CC[C@H]2C(C)(C)CCC[C@]12C. The van der Waals surface area contributed by atoms with E-state index in [2.05, 4.69) is 27.4 Å². The number of fused-ring (bicyclic) bond motifs is 1. The Bertz CT molecular complexity index is 328. The van der Waals surface area contributed by atoms with E-state index in [-0.39, 0.29) is 11.3 Å². The molecule has 0 saturated heterocycles. The van der Waals surface area contributed by atoms with Crippen LogP contribution < -0.4 is 0 Å². The topological polar surface area (TPSA) is 17.1 Å². The Hall–Kier alpha value is -0.590. The molecule has 0 unspecified atom stereocenters. The van der Waals surface area contributed by atoms with Crippen molar-refractivity contribution in [1.82, 2.24) is 0 Å². The first-order valence-corrected chi connectivity index (χ1v) is 7.05. The zero-order valence-electron chi connectivity index (χ0n) is 11.6. The van der Waals surface area contributed by atoms with E-state index in [1.165, 1.54) is 19.3 Å². The third-order valence-corrected chi connectivity index (χ3v) is 5.54. The van der Waals surface area contributed by atoms with Crippen molar-refractivity contribution in [2.45, 2.75) is 59.3 Å². The summed E-state index contributed by atoms with van der Waals surface area (Å²) in [4.78, 5) is 12.2. The molecule has 2 saturated carbocycles. The van der Waals surface area contributed by atoms with Crippen LogP contribution in [0.25, 0.3) is 0 Å². The van der Waals surface area contributed by atoms with Gasteiger partial charge in [-0.2, -0.15) is 0 Å². The lowest BCUT2D eigenvalue weighted by molar-refractivity contribution is -0.142. The molecule has 0 bridgehead atoms. The highest BCUT2D eigenvalue weighted by atomic mass is 16.1. The highest BCUT2D eigenvalue weighted by Crippen LogP contribution is 2.59. The summed E-state index contributed by atoms with van der Waals surface area (Å²) in [5, 5.41) is 0. The van der Waals surface area contributed by atoms with Gasteiger partial charge in [-0.1, -0.05) is 33.3 Å². The summed E-state index contributed by atoms with van der Waals surface area (Å²) in [5.41, 5.74) is 0.637. The predicted molar refractivity (Wildman–Crippen MR) is 71.8 cm³/mol.